The molecule has 0 fully saturated rings. The number of hydrogen-bond acceptors (Lipinski definition) is 4. The van der Waals surface area contributed by atoms with Crippen LogP contribution in [0.2, 0.25) is 0 Å². The minimum absolute atomic E-state index is 0.0900. The average molecular weight is 208 g/mol. The van der Waals surface area contributed by atoms with Crippen LogP contribution < -0.4 is 0 Å². The van der Waals surface area contributed by atoms with Gasteiger partial charge in [-0.1, -0.05) is 0 Å². The minimum Gasteiger partial charge on any atom is -0.316 e. The Labute approximate surface area is 80.6 Å². The van der Waals surface area contributed by atoms with E-state index < -0.39 is 14.2 Å². The highest BCUT2D eigenvalue weighted by Gasteiger charge is 2.26. The summed E-state index contributed by atoms with van der Waals surface area (Å²) in [6.07, 6.45) is 0.360. The Morgan fingerprint density at radius 3 is 2.08 bits per heavy atom. The second-order valence-corrected chi connectivity index (χ2v) is 4.68. The maximum Gasteiger partial charge on any atom is 0.332 e. The van der Waals surface area contributed by atoms with Gasteiger partial charge in [0, 0.05) is 20.6 Å². The first-order valence-electron chi connectivity index (χ1n) is 3.98. The third kappa shape index (κ3) is 6.11. The highest BCUT2D eigenvalue weighted by Crippen LogP contribution is 2.42. The number of ketones is 1. The van der Waals surface area contributed by atoms with Gasteiger partial charge in [-0.3, -0.25) is 4.79 Å². The fourth-order valence-corrected chi connectivity index (χ4v) is 1.75. The molecule has 0 bridgehead atoms. The maximum atomic E-state index is 10.9. The van der Waals surface area contributed by atoms with E-state index in [1.54, 1.807) is 0 Å². The second kappa shape index (κ2) is 5.66. The summed E-state index contributed by atoms with van der Waals surface area (Å²) < 4.78 is 15.3. The molecule has 0 unspecified atom stereocenters. The van der Waals surface area contributed by atoms with Crippen molar-refractivity contribution in [1.29, 1.82) is 0 Å². The topological polar surface area (TPSA) is 44.8 Å². The molecule has 0 atom stereocenters. The van der Waals surface area contributed by atoms with E-state index in [9.17, 15) is 4.79 Å². The molecule has 0 aliphatic carbocycles. The fraction of sp³-hybridized carbons (Fsp3) is 0.875. The van der Waals surface area contributed by atoms with Crippen molar-refractivity contribution in [2.75, 3.05) is 14.2 Å². The van der Waals surface area contributed by atoms with Crippen molar-refractivity contribution in [3.63, 3.8) is 0 Å². The predicted octanol–water partition coefficient (Wildman–Crippen LogP) is 2.28. The van der Waals surface area contributed by atoms with Crippen LogP contribution in [0.25, 0.3) is 0 Å². The molecule has 0 aromatic rings. The summed E-state index contributed by atoms with van der Waals surface area (Å²) >= 11 is 0. The van der Waals surface area contributed by atoms with Crippen LogP contribution in [-0.4, -0.2) is 25.6 Å². The van der Waals surface area contributed by atoms with Crippen molar-refractivity contribution < 1.29 is 18.4 Å². The summed E-state index contributed by atoms with van der Waals surface area (Å²) in [6, 6.07) is 0. The minimum atomic E-state index is -1.33. The molecule has 0 aliphatic heterocycles. The summed E-state index contributed by atoms with van der Waals surface area (Å²) in [5, 5.41) is 0. The molecule has 78 valence electrons. The predicted molar refractivity (Wildman–Crippen MR) is 51.4 cm³/mol. The van der Waals surface area contributed by atoms with Gasteiger partial charge < -0.3 is 13.6 Å². The highest BCUT2D eigenvalue weighted by atomic mass is 31.2. The first-order valence-corrected chi connectivity index (χ1v) is 5.08. The number of hydrogen-bond donors (Lipinski definition) is 0. The molecule has 4 nitrogen and oxygen atoms in total. The lowest BCUT2D eigenvalue weighted by Crippen LogP contribution is -2.25. The summed E-state index contributed by atoms with van der Waals surface area (Å²) in [5.41, 5.74) is -0.524. The summed E-state index contributed by atoms with van der Waals surface area (Å²) in [5.74, 6) is 0.0900. The molecule has 0 saturated carbocycles. The van der Waals surface area contributed by atoms with Crippen molar-refractivity contribution in [2.45, 2.75) is 32.8 Å². The average Bonchev–Trinajstić information content (AvgIpc) is 1.97. The molecule has 13 heavy (non-hydrogen) atoms. The van der Waals surface area contributed by atoms with E-state index >= 15 is 0 Å². The van der Waals surface area contributed by atoms with Gasteiger partial charge in [0.15, 0.2) is 0 Å². The van der Waals surface area contributed by atoms with Gasteiger partial charge in [0.2, 0.25) is 0 Å². The SMILES string of the molecule is COP(OC)OC(C)(C)CC(C)=O. The van der Waals surface area contributed by atoms with Crippen molar-refractivity contribution in [3.05, 3.63) is 0 Å². The Morgan fingerprint density at radius 2 is 1.77 bits per heavy atom. The number of rotatable bonds is 6. The van der Waals surface area contributed by atoms with Crippen molar-refractivity contribution in [2.24, 2.45) is 0 Å². The molecular weight excluding hydrogens is 191 g/mol. The quantitative estimate of drug-likeness (QED) is 0.628. The molecule has 0 saturated heterocycles. The van der Waals surface area contributed by atoms with E-state index in [0.29, 0.717) is 6.42 Å². The van der Waals surface area contributed by atoms with E-state index in [2.05, 4.69) is 0 Å². The van der Waals surface area contributed by atoms with Crippen molar-refractivity contribution in [3.8, 4) is 0 Å². The largest absolute Gasteiger partial charge is 0.332 e. The zero-order valence-electron chi connectivity index (χ0n) is 8.79. The van der Waals surface area contributed by atoms with Crippen molar-refractivity contribution >= 4 is 14.4 Å². The Balaban J connectivity index is 4.05. The molecular formula is C8H17O4P. The second-order valence-electron chi connectivity index (χ2n) is 3.32. The zero-order valence-corrected chi connectivity index (χ0v) is 9.68. The molecule has 0 rings (SSSR count). The first kappa shape index (κ1) is 13.0. The third-order valence-electron chi connectivity index (χ3n) is 1.29. The summed E-state index contributed by atoms with van der Waals surface area (Å²) in [7, 11) is 1.70. The molecule has 0 aromatic carbocycles. The van der Waals surface area contributed by atoms with Gasteiger partial charge >= 0.3 is 8.60 Å². The van der Waals surface area contributed by atoms with Crippen LogP contribution in [0.5, 0.6) is 0 Å². The Kier molecular flexibility index (Phi) is 5.65. The zero-order chi connectivity index (χ0) is 10.5. The van der Waals surface area contributed by atoms with Gasteiger partial charge in [-0.25, -0.2) is 0 Å². The Hall–Kier alpha value is -0.0200. The van der Waals surface area contributed by atoms with Crippen LogP contribution in [0.4, 0.5) is 0 Å². The lowest BCUT2D eigenvalue weighted by molar-refractivity contribution is -0.120. The smallest absolute Gasteiger partial charge is 0.316 e. The van der Waals surface area contributed by atoms with E-state index in [1.807, 2.05) is 13.8 Å². The molecule has 0 heterocycles. The van der Waals surface area contributed by atoms with E-state index in [4.69, 9.17) is 13.6 Å². The molecule has 0 aromatic heterocycles. The van der Waals surface area contributed by atoms with Gasteiger partial charge in [0.05, 0.1) is 5.60 Å². The van der Waals surface area contributed by atoms with Crippen LogP contribution in [0.1, 0.15) is 27.2 Å². The van der Waals surface area contributed by atoms with Gasteiger partial charge in [-0.15, -0.1) is 0 Å². The van der Waals surface area contributed by atoms with Gasteiger partial charge in [-0.2, -0.15) is 0 Å². The van der Waals surface area contributed by atoms with Crippen LogP contribution >= 0.6 is 8.60 Å². The Morgan fingerprint density at radius 1 is 1.31 bits per heavy atom. The van der Waals surface area contributed by atoms with Gasteiger partial charge in [-0.05, 0) is 20.8 Å². The monoisotopic (exact) mass is 208 g/mol. The Bertz CT molecular complexity index is 166. The number of carbonyl (C=O) groups excluding carboxylic acids is 1. The van der Waals surface area contributed by atoms with E-state index in [-0.39, 0.29) is 5.78 Å². The lowest BCUT2D eigenvalue weighted by Gasteiger charge is -2.26. The van der Waals surface area contributed by atoms with Crippen LogP contribution in [0.15, 0.2) is 0 Å². The molecule has 0 radical (unpaired) electrons. The third-order valence-corrected chi connectivity index (χ3v) is 2.53. The molecule has 0 aliphatic rings. The maximum absolute atomic E-state index is 10.9. The van der Waals surface area contributed by atoms with Crippen molar-refractivity contribution in [1.82, 2.24) is 0 Å². The molecule has 0 amide bonds. The number of carbonyl (C=O) groups is 1. The van der Waals surface area contributed by atoms with E-state index in [0.717, 1.165) is 0 Å². The normalized spacial score (nSPS) is 12.2. The fourth-order valence-electron chi connectivity index (χ4n) is 0.983. The molecule has 0 N–H and O–H groups in total. The summed E-state index contributed by atoms with van der Waals surface area (Å²) in [4.78, 5) is 10.9. The number of Topliss-reactive ketones (excluding diaryl/α,β-unsaturated/α-hetero) is 1. The van der Waals surface area contributed by atoms with Crippen LogP contribution in [0, 0.1) is 0 Å². The summed E-state index contributed by atoms with van der Waals surface area (Å²) in [6.45, 7) is 5.20. The highest BCUT2D eigenvalue weighted by molar-refractivity contribution is 7.41. The van der Waals surface area contributed by atoms with Gasteiger partial charge in [0.25, 0.3) is 0 Å². The van der Waals surface area contributed by atoms with Crippen LogP contribution in [0.3, 0.4) is 0 Å². The molecule has 5 heteroatoms. The standard InChI is InChI=1S/C8H17O4P/c1-7(9)6-8(2,3)12-13(10-4)11-5/h6H2,1-5H3. The lowest BCUT2D eigenvalue weighted by atomic mass is 10.0. The van der Waals surface area contributed by atoms with E-state index in [1.165, 1.54) is 21.1 Å². The van der Waals surface area contributed by atoms with Crippen LogP contribution in [-0.2, 0) is 18.4 Å². The van der Waals surface area contributed by atoms with Gasteiger partial charge in [0.1, 0.15) is 5.78 Å². The first-order chi connectivity index (χ1) is 5.91. The molecule has 0 spiro atoms.